The summed E-state index contributed by atoms with van der Waals surface area (Å²) in [6.07, 6.45) is 2.20. The minimum absolute atomic E-state index is 0.00559. The molecule has 0 aromatic heterocycles. The minimum Gasteiger partial charge on any atom is -0.511 e. The summed E-state index contributed by atoms with van der Waals surface area (Å²) in [6.45, 7) is 1.77. The van der Waals surface area contributed by atoms with Gasteiger partial charge in [0.05, 0.1) is 6.04 Å². The van der Waals surface area contributed by atoms with Crippen LogP contribution in [0.4, 0.5) is 5.69 Å². The van der Waals surface area contributed by atoms with E-state index in [1.54, 1.807) is 32.2 Å². The van der Waals surface area contributed by atoms with E-state index in [0.717, 1.165) is 5.56 Å². The fourth-order valence-corrected chi connectivity index (χ4v) is 2.16. The fourth-order valence-electron chi connectivity index (χ4n) is 2.16. The van der Waals surface area contributed by atoms with Gasteiger partial charge in [-0.2, -0.15) is 4.99 Å². The number of aliphatic hydroxyl groups excluding tert-OH is 1. The van der Waals surface area contributed by atoms with Crippen LogP contribution in [0, 0.1) is 0 Å². The van der Waals surface area contributed by atoms with Crippen molar-refractivity contribution in [1.29, 1.82) is 0 Å². The highest BCUT2D eigenvalue weighted by atomic mass is 16.3. The number of nitrogens with two attached hydrogens (primary N) is 2. The van der Waals surface area contributed by atoms with Crippen LogP contribution in [-0.2, 0) is 16.0 Å². The standard InChI is InChI=1S/C17H25N5O3/c1-3-14(23)13(20-2)10-11-4-6-12(7-5-11)21-15(24)8-9-16(25)22-17(18)19/h3-7,13,20,23H,8-10H2,1-2H3,(H,21,24)(H4,18,19,22,25). The summed E-state index contributed by atoms with van der Waals surface area (Å²) in [4.78, 5) is 26.5. The molecule has 1 atom stereocenters. The first-order valence-electron chi connectivity index (χ1n) is 7.89. The van der Waals surface area contributed by atoms with E-state index in [1.165, 1.54) is 0 Å². The highest BCUT2D eigenvalue weighted by molar-refractivity contribution is 5.96. The van der Waals surface area contributed by atoms with Crippen molar-refractivity contribution in [3.63, 3.8) is 0 Å². The fraction of sp³-hybridized carbons (Fsp3) is 0.353. The number of benzene rings is 1. The number of carbonyl (C=O) groups is 2. The van der Waals surface area contributed by atoms with Crippen LogP contribution in [0.3, 0.4) is 0 Å². The maximum absolute atomic E-state index is 11.8. The lowest BCUT2D eigenvalue weighted by Crippen LogP contribution is -2.29. The Morgan fingerprint density at radius 2 is 1.88 bits per heavy atom. The third-order valence-electron chi connectivity index (χ3n) is 3.50. The van der Waals surface area contributed by atoms with Gasteiger partial charge in [-0.3, -0.25) is 9.59 Å². The van der Waals surface area contributed by atoms with Gasteiger partial charge in [0, 0.05) is 18.5 Å². The van der Waals surface area contributed by atoms with Crippen LogP contribution in [0.2, 0.25) is 0 Å². The number of aliphatic imine (C=N–C) groups is 1. The van der Waals surface area contributed by atoms with Crippen molar-refractivity contribution in [3.05, 3.63) is 41.7 Å². The maximum Gasteiger partial charge on any atom is 0.249 e. The van der Waals surface area contributed by atoms with Crippen molar-refractivity contribution < 1.29 is 14.7 Å². The van der Waals surface area contributed by atoms with E-state index in [9.17, 15) is 14.7 Å². The van der Waals surface area contributed by atoms with Crippen molar-refractivity contribution in [2.24, 2.45) is 16.5 Å². The number of nitrogens with zero attached hydrogens (tertiary/aromatic N) is 1. The molecule has 136 valence electrons. The highest BCUT2D eigenvalue weighted by Gasteiger charge is 2.11. The summed E-state index contributed by atoms with van der Waals surface area (Å²) in [6, 6.07) is 7.11. The number of nitrogens with one attached hydrogen (secondary N) is 2. The van der Waals surface area contributed by atoms with Gasteiger partial charge in [0.2, 0.25) is 11.8 Å². The predicted octanol–water partition coefficient (Wildman–Crippen LogP) is 0.798. The molecule has 25 heavy (non-hydrogen) atoms. The largest absolute Gasteiger partial charge is 0.511 e. The van der Waals surface area contributed by atoms with Gasteiger partial charge in [-0.05, 0) is 44.2 Å². The molecule has 1 aromatic carbocycles. The summed E-state index contributed by atoms with van der Waals surface area (Å²) in [7, 11) is 1.78. The van der Waals surface area contributed by atoms with Crippen molar-refractivity contribution in [2.75, 3.05) is 12.4 Å². The molecule has 8 nitrogen and oxygen atoms in total. The number of hydrogen-bond donors (Lipinski definition) is 5. The molecular formula is C17H25N5O3. The number of amides is 2. The molecule has 8 heteroatoms. The summed E-state index contributed by atoms with van der Waals surface area (Å²) in [5.74, 6) is -0.867. The molecule has 0 saturated carbocycles. The Morgan fingerprint density at radius 3 is 2.40 bits per heavy atom. The Bertz CT molecular complexity index is 649. The molecular weight excluding hydrogens is 322 g/mol. The van der Waals surface area contributed by atoms with Crippen molar-refractivity contribution in [3.8, 4) is 0 Å². The first kappa shape index (κ1) is 20.2. The molecule has 2 amide bonds. The molecule has 0 saturated heterocycles. The zero-order chi connectivity index (χ0) is 18.8. The Morgan fingerprint density at radius 1 is 1.24 bits per heavy atom. The summed E-state index contributed by atoms with van der Waals surface area (Å²) in [5.41, 5.74) is 11.8. The van der Waals surface area contributed by atoms with Crippen LogP contribution in [0.25, 0.3) is 0 Å². The molecule has 1 unspecified atom stereocenters. The van der Waals surface area contributed by atoms with Crippen LogP contribution < -0.4 is 22.1 Å². The summed E-state index contributed by atoms with van der Waals surface area (Å²) < 4.78 is 0. The molecule has 0 aliphatic rings. The minimum atomic E-state index is -0.535. The van der Waals surface area contributed by atoms with Gasteiger partial charge in [0.25, 0.3) is 0 Å². The number of rotatable bonds is 8. The van der Waals surface area contributed by atoms with Crippen LogP contribution in [0.15, 0.2) is 41.1 Å². The Hall–Kier alpha value is -2.87. The first-order valence-corrected chi connectivity index (χ1v) is 7.89. The lowest BCUT2D eigenvalue weighted by molar-refractivity contribution is -0.122. The van der Waals surface area contributed by atoms with Crippen LogP contribution in [-0.4, -0.2) is 36.0 Å². The molecule has 0 radical (unpaired) electrons. The van der Waals surface area contributed by atoms with Crippen LogP contribution in [0.1, 0.15) is 25.3 Å². The van der Waals surface area contributed by atoms with E-state index in [2.05, 4.69) is 15.6 Å². The average molecular weight is 347 g/mol. The lowest BCUT2D eigenvalue weighted by atomic mass is 10.0. The lowest BCUT2D eigenvalue weighted by Gasteiger charge is -2.15. The second-order valence-corrected chi connectivity index (χ2v) is 5.43. The van der Waals surface area contributed by atoms with Crippen LogP contribution >= 0.6 is 0 Å². The van der Waals surface area contributed by atoms with Gasteiger partial charge in [-0.1, -0.05) is 12.1 Å². The number of likely N-dealkylation sites (N-methyl/N-ethyl adjacent to an activating group) is 1. The summed E-state index contributed by atoms with van der Waals surface area (Å²) >= 11 is 0. The van der Waals surface area contributed by atoms with E-state index in [-0.39, 0.29) is 36.5 Å². The van der Waals surface area contributed by atoms with E-state index >= 15 is 0 Å². The molecule has 0 bridgehead atoms. The second kappa shape index (κ2) is 10.1. The van der Waals surface area contributed by atoms with E-state index in [0.29, 0.717) is 12.1 Å². The van der Waals surface area contributed by atoms with Gasteiger partial charge < -0.3 is 27.2 Å². The highest BCUT2D eigenvalue weighted by Crippen LogP contribution is 2.13. The number of aliphatic hydroxyl groups is 1. The SMILES string of the molecule is CC=C(O)C(Cc1ccc(NC(=O)CCC(=O)N=C(N)N)cc1)NC. The molecule has 0 aliphatic carbocycles. The molecule has 0 fully saturated rings. The molecule has 0 heterocycles. The normalized spacial score (nSPS) is 12.3. The molecule has 0 aliphatic heterocycles. The third-order valence-corrected chi connectivity index (χ3v) is 3.50. The smallest absolute Gasteiger partial charge is 0.249 e. The molecule has 0 spiro atoms. The number of hydrogen-bond acceptors (Lipinski definition) is 4. The number of carbonyl (C=O) groups excluding carboxylic acids is 2. The van der Waals surface area contributed by atoms with Gasteiger partial charge in [-0.25, -0.2) is 0 Å². The Labute approximate surface area is 147 Å². The van der Waals surface area contributed by atoms with E-state index < -0.39 is 5.91 Å². The van der Waals surface area contributed by atoms with E-state index in [4.69, 9.17) is 11.5 Å². The zero-order valence-electron chi connectivity index (χ0n) is 14.5. The van der Waals surface area contributed by atoms with Gasteiger partial charge in [-0.15, -0.1) is 0 Å². The van der Waals surface area contributed by atoms with Crippen molar-refractivity contribution in [2.45, 2.75) is 32.2 Å². The van der Waals surface area contributed by atoms with Gasteiger partial charge in [0.1, 0.15) is 5.76 Å². The van der Waals surface area contributed by atoms with Crippen molar-refractivity contribution >= 4 is 23.5 Å². The predicted molar refractivity (Wildman–Crippen MR) is 98.1 cm³/mol. The average Bonchev–Trinajstić information content (AvgIpc) is 2.58. The topological polar surface area (TPSA) is 143 Å². The van der Waals surface area contributed by atoms with Crippen molar-refractivity contribution in [1.82, 2.24) is 5.32 Å². The molecule has 7 N–H and O–H groups in total. The maximum atomic E-state index is 11.8. The monoisotopic (exact) mass is 347 g/mol. The molecule has 1 rings (SSSR count). The van der Waals surface area contributed by atoms with Gasteiger partial charge >= 0.3 is 0 Å². The third kappa shape index (κ3) is 7.49. The van der Waals surface area contributed by atoms with Gasteiger partial charge in [0.15, 0.2) is 5.96 Å². The Kier molecular flexibility index (Phi) is 8.14. The second-order valence-electron chi connectivity index (χ2n) is 5.43. The first-order chi connectivity index (χ1) is 11.8. The quantitative estimate of drug-likeness (QED) is 0.267. The summed E-state index contributed by atoms with van der Waals surface area (Å²) in [5, 5.41) is 15.5. The van der Waals surface area contributed by atoms with E-state index in [1.807, 2.05) is 12.1 Å². The zero-order valence-corrected chi connectivity index (χ0v) is 14.5. The number of allylic oxidation sites excluding steroid dienone is 1. The number of anilines is 1. The Balaban J connectivity index is 2.55. The van der Waals surface area contributed by atoms with Crippen LogP contribution in [0.5, 0.6) is 0 Å². The molecule has 1 aromatic rings. The number of guanidine groups is 1.